The van der Waals surface area contributed by atoms with Crippen LogP contribution in [0.1, 0.15) is 31.7 Å². The SMILES string of the molecule is Cc1cccc(Nc2nnc(SCC(=O)N3CCCC[C@H]3C)s2)c1. The molecule has 1 aliphatic heterocycles. The van der Waals surface area contributed by atoms with Crippen LogP contribution in [0.5, 0.6) is 0 Å². The van der Waals surface area contributed by atoms with Crippen molar-refractivity contribution in [2.75, 3.05) is 17.6 Å². The van der Waals surface area contributed by atoms with Crippen molar-refractivity contribution in [3.05, 3.63) is 29.8 Å². The Kier molecular flexibility index (Phi) is 5.73. The van der Waals surface area contributed by atoms with E-state index < -0.39 is 0 Å². The number of aryl methyl sites for hydroxylation is 1. The number of hydrogen-bond donors (Lipinski definition) is 1. The highest BCUT2D eigenvalue weighted by molar-refractivity contribution is 8.01. The predicted molar refractivity (Wildman–Crippen MR) is 100 cm³/mol. The number of anilines is 2. The molecule has 1 N–H and O–H groups in total. The van der Waals surface area contributed by atoms with E-state index in [2.05, 4.69) is 41.5 Å². The number of thioether (sulfide) groups is 1. The maximum absolute atomic E-state index is 12.4. The molecule has 1 aromatic heterocycles. The molecule has 0 spiro atoms. The molecular weight excluding hydrogens is 340 g/mol. The van der Waals surface area contributed by atoms with Crippen LogP contribution in [0, 0.1) is 6.92 Å². The molecule has 2 heterocycles. The molecular formula is C17H22N4OS2. The van der Waals surface area contributed by atoms with Crippen molar-refractivity contribution < 1.29 is 4.79 Å². The average Bonchev–Trinajstić information content (AvgIpc) is 3.00. The predicted octanol–water partition coefficient (Wildman–Crippen LogP) is 4.08. The maximum Gasteiger partial charge on any atom is 0.233 e. The highest BCUT2D eigenvalue weighted by Gasteiger charge is 2.23. The first-order chi connectivity index (χ1) is 11.6. The number of carbonyl (C=O) groups excluding carboxylic acids is 1. The summed E-state index contributed by atoms with van der Waals surface area (Å²) in [6.07, 6.45) is 3.45. The molecule has 0 unspecified atom stereocenters. The van der Waals surface area contributed by atoms with Crippen LogP contribution in [0.15, 0.2) is 28.6 Å². The Morgan fingerprint density at radius 3 is 3.08 bits per heavy atom. The highest BCUT2D eigenvalue weighted by atomic mass is 32.2. The molecule has 0 saturated carbocycles. The van der Waals surface area contributed by atoms with E-state index in [1.54, 1.807) is 0 Å². The first-order valence-electron chi connectivity index (χ1n) is 8.21. The third kappa shape index (κ3) is 4.48. The Hall–Kier alpha value is -1.60. The summed E-state index contributed by atoms with van der Waals surface area (Å²) in [5, 5.41) is 12.3. The lowest BCUT2D eigenvalue weighted by Crippen LogP contribution is -2.42. The molecule has 3 rings (SSSR count). The van der Waals surface area contributed by atoms with Gasteiger partial charge in [0.05, 0.1) is 5.75 Å². The number of nitrogens with zero attached hydrogens (tertiary/aromatic N) is 3. The second-order valence-corrected chi connectivity index (χ2v) is 8.29. The quantitative estimate of drug-likeness (QED) is 0.812. The van der Waals surface area contributed by atoms with Gasteiger partial charge < -0.3 is 10.2 Å². The topological polar surface area (TPSA) is 58.1 Å². The molecule has 0 radical (unpaired) electrons. The molecule has 1 atom stereocenters. The van der Waals surface area contributed by atoms with E-state index in [4.69, 9.17) is 0 Å². The van der Waals surface area contributed by atoms with Crippen molar-refractivity contribution in [2.45, 2.75) is 43.5 Å². The number of hydrogen-bond acceptors (Lipinski definition) is 6. The van der Waals surface area contributed by atoms with Crippen molar-refractivity contribution in [1.29, 1.82) is 0 Å². The number of amides is 1. The summed E-state index contributed by atoms with van der Waals surface area (Å²) in [7, 11) is 0. The van der Waals surface area contributed by atoms with Gasteiger partial charge in [0.25, 0.3) is 0 Å². The number of rotatable bonds is 5. The summed E-state index contributed by atoms with van der Waals surface area (Å²) in [5.41, 5.74) is 2.20. The third-order valence-electron chi connectivity index (χ3n) is 4.12. The van der Waals surface area contributed by atoms with Gasteiger partial charge in [0, 0.05) is 18.3 Å². The Morgan fingerprint density at radius 1 is 1.42 bits per heavy atom. The zero-order valence-electron chi connectivity index (χ0n) is 14.0. The minimum absolute atomic E-state index is 0.204. The minimum Gasteiger partial charge on any atom is -0.339 e. The smallest absolute Gasteiger partial charge is 0.233 e. The fourth-order valence-corrected chi connectivity index (χ4v) is 4.50. The van der Waals surface area contributed by atoms with Gasteiger partial charge in [-0.15, -0.1) is 10.2 Å². The highest BCUT2D eigenvalue weighted by Crippen LogP contribution is 2.28. The largest absolute Gasteiger partial charge is 0.339 e. The average molecular weight is 363 g/mol. The summed E-state index contributed by atoms with van der Waals surface area (Å²) in [4.78, 5) is 14.4. The van der Waals surface area contributed by atoms with E-state index in [1.807, 2.05) is 17.0 Å². The number of piperidine rings is 1. The molecule has 128 valence electrons. The lowest BCUT2D eigenvalue weighted by atomic mass is 10.0. The van der Waals surface area contributed by atoms with E-state index in [0.717, 1.165) is 34.5 Å². The lowest BCUT2D eigenvalue weighted by molar-refractivity contribution is -0.131. The summed E-state index contributed by atoms with van der Waals surface area (Å²) in [6.45, 7) is 5.08. The Balaban J connectivity index is 1.53. The molecule has 2 aromatic rings. The Labute approximate surface area is 150 Å². The van der Waals surface area contributed by atoms with Crippen LogP contribution in [0.25, 0.3) is 0 Å². The summed E-state index contributed by atoms with van der Waals surface area (Å²) < 4.78 is 0.822. The van der Waals surface area contributed by atoms with Gasteiger partial charge >= 0.3 is 0 Å². The standard InChI is InChI=1S/C17H22N4OS2/c1-12-6-5-8-14(10-12)18-16-19-20-17(24-16)23-11-15(22)21-9-4-3-7-13(21)2/h5-6,8,10,13H,3-4,7,9,11H2,1-2H3,(H,18,19)/t13-/m1/s1. The Bertz CT molecular complexity index is 703. The number of nitrogens with one attached hydrogen (secondary N) is 1. The summed E-state index contributed by atoms with van der Waals surface area (Å²) in [6, 6.07) is 8.49. The number of aromatic nitrogens is 2. The number of benzene rings is 1. The van der Waals surface area contributed by atoms with Crippen LogP contribution in [0.4, 0.5) is 10.8 Å². The second kappa shape index (κ2) is 7.98. The Morgan fingerprint density at radius 2 is 2.29 bits per heavy atom. The van der Waals surface area contributed by atoms with E-state index in [0.29, 0.717) is 11.8 Å². The number of likely N-dealkylation sites (tertiary alicyclic amines) is 1. The number of carbonyl (C=O) groups is 1. The molecule has 0 bridgehead atoms. The van der Waals surface area contributed by atoms with Gasteiger partial charge in [-0.3, -0.25) is 4.79 Å². The van der Waals surface area contributed by atoms with Gasteiger partial charge in [-0.1, -0.05) is 35.2 Å². The van der Waals surface area contributed by atoms with Crippen molar-refractivity contribution in [3.8, 4) is 0 Å². The van der Waals surface area contributed by atoms with Crippen molar-refractivity contribution in [3.63, 3.8) is 0 Å². The lowest BCUT2D eigenvalue weighted by Gasteiger charge is -2.33. The first kappa shape index (κ1) is 17.2. The minimum atomic E-state index is 0.204. The van der Waals surface area contributed by atoms with Crippen LogP contribution in [-0.4, -0.2) is 39.3 Å². The molecule has 1 aromatic carbocycles. The molecule has 7 heteroatoms. The normalized spacial score (nSPS) is 17.8. The first-order valence-corrected chi connectivity index (χ1v) is 10.0. The molecule has 1 fully saturated rings. The van der Waals surface area contributed by atoms with Gasteiger partial charge in [-0.05, 0) is 50.8 Å². The maximum atomic E-state index is 12.4. The van der Waals surface area contributed by atoms with Crippen LogP contribution >= 0.6 is 23.1 Å². The summed E-state index contributed by atoms with van der Waals surface area (Å²) >= 11 is 2.95. The second-order valence-electron chi connectivity index (χ2n) is 6.09. The molecule has 1 aliphatic rings. The van der Waals surface area contributed by atoms with Gasteiger partial charge in [-0.25, -0.2) is 0 Å². The van der Waals surface area contributed by atoms with Gasteiger partial charge in [0.2, 0.25) is 11.0 Å². The van der Waals surface area contributed by atoms with E-state index >= 15 is 0 Å². The zero-order chi connectivity index (χ0) is 16.9. The molecule has 1 saturated heterocycles. The van der Waals surface area contributed by atoms with Crippen LogP contribution < -0.4 is 5.32 Å². The van der Waals surface area contributed by atoms with Gasteiger partial charge in [-0.2, -0.15) is 0 Å². The van der Waals surface area contributed by atoms with Gasteiger partial charge in [0.15, 0.2) is 4.34 Å². The van der Waals surface area contributed by atoms with Crippen molar-refractivity contribution >= 4 is 39.8 Å². The molecule has 1 amide bonds. The third-order valence-corrected chi connectivity index (χ3v) is 6.08. The van der Waals surface area contributed by atoms with Crippen LogP contribution in [-0.2, 0) is 4.79 Å². The molecule has 5 nitrogen and oxygen atoms in total. The monoisotopic (exact) mass is 362 g/mol. The summed E-state index contributed by atoms with van der Waals surface area (Å²) in [5.74, 6) is 0.638. The van der Waals surface area contributed by atoms with E-state index in [1.165, 1.54) is 35.1 Å². The molecule has 0 aliphatic carbocycles. The van der Waals surface area contributed by atoms with E-state index in [9.17, 15) is 4.79 Å². The van der Waals surface area contributed by atoms with Crippen molar-refractivity contribution in [2.24, 2.45) is 0 Å². The van der Waals surface area contributed by atoms with Gasteiger partial charge in [0.1, 0.15) is 0 Å². The zero-order valence-corrected chi connectivity index (χ0v) is 15.6. The van der Waals surface area contributed by atoms with Crippen LogP contribution in [0.3, 0.4) is 0 Å². The van der Waals surface area contributed by atoms with Crippen LogP contribution in [0.2, 0.25) is 0 Å². The fraction of sp³-hybridized carbons (Fsp3) is 0.471. The van der Waals surface area contributed by atoms with Crippen molar-refractivity contribution in [1.82, 2.24) is 15.1 Å². The molecule has 24 heavy (non-hydrogen) atoms. The van der Waals surface area contributed by atoms with E-state index in [-0.39, 0.29) is 5.91 Å². The fourth-order valence-electron chi connectivity index (χ4n) is 2.84.